The molecule has 2 fully saturated rings. The lowest BCUT2D eigenvalue weighted by molar-refractivity contribution is -0.157. The quantitative estimate of drug-likeness (QED) is 0.114. The van der Waals surface area contributed by atoms with Crippen LogP contribution >= 0.6 is 0 Å². The number of carbonyl (C=O) groups is 11. The van der Waals surface area contributed by atoms with Crippen LogP contribution in [0.2, 0.25) is 0 Å². The Bertz CT molecular complexity index is 2490. The third-order valence-corrected chi connectivity index (χ3v) is 17.0. The van der Waals surface area contributed by atoms with Gasteiger partial charge < -0.3 is 70.5 Å². The van der Waals surface area contributed by atoms with Crippen molar-refractivity contribution in [1.82, 2.24) is 55.6 Å². The molecule has 0 aromatic rings. The molecule has 0 bridgehead atoms. The van der Waals surface area contributed by atoms with Gasteiger partial charge in [0, 0.05) is 55.3 Å². The zero-order chi connectivity index (χ0) is 68.4. The number of nitrogens with zero attached hydrogens (tertiary/aromatic N) is 7. The lowest BCUT2D eigenvalue weighted by Crippen LogP contribution is -2.64. The van der Waals surface area contributed by atoms with Crippen molar-refractivity contribution in [2.75, 3.05) is 62.0 Å². The summed E-state index contributed by atoms with van der Waals surface area (Å²) in [6.07, 6.45) is 3.28. The predicted octanol–water partition coefficient (Wildman–Crippen LogP) is 1.93. The zero-order valence-electron chi connectivity index (χ0n) is 57.2. The first-order valence-electron chi connectivity index (χ1n) is 31.6. The molecule has 25 heteroatoms. The van der Waals surface area contributed by atoms with Gasteiger partial charge in [0.25, 0.3) is 0 Å². The molecule has 2 heterocycles. The van der Waals surface area contributed by atoms with Gasteiger partial charge in [-0.2, -0.15) is 0 Å². The van der Waals surface area contributed by atoms with Crippen molar-refractivity contribution in [3.63, 3.8) is 0 Å². The van der Waals surface area contributed by atoms with Gasteiger partial charge in [0.15, 0.2) is 0 Å². The smallest absolute Gasteiger partial charge is 0.246 e. The lowest BCUT2D eigenvalue weighted by Gasteiger charge is -2.41. The molecule has 1 unspecified atom stereocenters. The van der Waals surface area contributed by atoms with E-state index in [2.05, 4.69) is 27.8 Å². The van der Waals surface area contributed by atoms with Crippen molar-refractivity contribution in [1.29, 1.82) is 0 Å². The second-order valence-electron chi connectivity index (χ2n) is 26.4. The number of fused-ring (bicyclic) bond motifs is 1. The number of aliphatic hydroxyl groups is 2. The maximum Gasteiger partial charge on any atom is 0.246 e. The Kier molecular flexibility index (Phi) is 31.6. The van der Waals surface area contributed by atoms with E-state index in [1.165, 1.54) is 86.7 Å². The SMILES string of the molecule is C=CCOC1C[C@@H]2C(=O)N(C)[C@@H](CO)C(=O)N[C@@H](C(C)C)C(=O)N(C)[C@@H](CC(C)C)C(=O)N[C@@H](C)C(=O)N[C@H](C)C(=O)N(C)[C@@H](CC(C)C)C(=O)N(C)[C@@H](CC(C)C)C(=O)N(C)[C@@H](C(C)C)C(=O)N(C)[C@@H]([C@H](O)[C@H](C)C/C=C/C)C(=O)N[C@@H](CC)C(=O)N2C1. The topological polar surface area (TPSA) is 308 Å². The molecule has 506 valence electrons. The van der Waals surface area contributed by atoms with E-state index < -0.39 is 168 Å². The second-order valence-corrected chi connectivity index (χ2v) is 26.4. The molecule has 0 aromatic carbocycles. The highest BCUT2D eigenvalue weighted by molar-refractivity contribution is 6.00. The van der Waals surface area contributed by atoms with Gasteiger partial charge in [-0.3, -0.25) is 52.7 Å². The molecule has 89 heavy (non-hydrogen) atoms. The van der Waals surface area contributed by atoms with Crippen LogP contribution in [0.1, 0.15) is 142 Å². The molecule has 2 saturated heterocycles. The van der Waals surface area contributed by atoms with Crippen LogP contribution < -0.4 is 21.3 Å². The van der Waals surface area contributed by atoms with E-state index in [1.807, 2.05) is 41.5 Å². The Balaban J connectivity index is 3.05. The number of carbonyl (C=O) groups excluding carboxylic acids is 11. The van der Waals surface area contributed by atoms with Crippen molar-refractivity contribution in [3.05, 3.63) is 24.8 Å². The minimum absolute atomic E-state index is 0.0423. The van der Waals surface area contributed by atoms with Crippen LogP contribution in [0.25, 0.3) is 0 Å². The third kappa shape index (κ3) is 20.8. The van der Waals surface area contributed by atoms with Gasteiger partial charge in [0.2, 0.25) is 65.0 Å². The first-order chi connectivity index (χ1) is 41.4. The molecule has 25 nitrogen and oxygen atoms in total. The number of nitrogens with one attached hydrogen (secondary N) is 4. The Morgan fingerprint density at radius 3 is 1.51 bits per heavy atom. The number of likely N-dealkylation sites (N-methyl/N-ethyl adjacent to an activating group) is 6. The van der Waals surface area contributed by atoms with E-state index in [9.17, 15) is 39.0 Å². The summed E-state index contributed by atoms with van der Waals surface area (Å²) in [5, 5.41) is 33.9. The van der Waals surface area contributed by atoms with Crippen LogP contribution in [0.3, 0.4) is 0 Å². The van der Waals surface area contributed by atoms with Crippen molar-refractivity contribution in [2.24, 2.45) is 35.5 Å². The fourth-order valence-electron chi connectivity index (χ4n) is 11.5. The van der Waals surface area contributed by atoms with Crippen molar-refractivity contribution in [3.8, 4) is 0 Å². The molecule has 0 aromatic heterocycles. The monoisotopic (exact) mass is 1260 g/mol. The van der Waals surface area contributed by atoms with Gasteiger partial charge in [-0.1, -0.05) is 101 Å². The molecule has 0 aliphatic carbocycles. The molecule has 14 atom stereocenters. The minimum Gasteiger partial charge on any atom is -0.394 e. The number of hydrogen-bond acceptors (Lipinski definition) is 14. The molecule has 11 amide bonds. The highest BCUT2D eigenvalue weighted by atomic mass is 16.5. The standard InChI is InChI=1S/C64H111N11O14/c1-23-26-27-40(14)53(77)52-57(81)67-44(25-3)59(83)75-33-43(89-28-24-2)32-48(75)62(86)72(20)49(34-76)56(80)68-50(38(10)11)63(87)69(17)45(29-35(4)5)55(79)65-41(15)54(78)66-42(16)58(82)70(18)46(30-36(6)7)60(84)71(19)47(31-37(8)9)61(85)73(21)51(39(12)13)64(88)74(52)22/h23-24,26,35-53,76-77H,2,25,27-34H2,1,3-22H3,(H,65,79)(H,66,78)(H,67,81)(H,68,80)/b26-23+/t40-,41+,42-,43?,44+,45+,46+,47+,48-,49+,50+,51+,52+,53-/m1/s1. The number of hydrogen-bond donors (Lipinski definition) is 6. The van der Waals surface area contributed by atoms with E-state index in [-0.39, 0.29) is 69.4 Å². The maximum atomic E-state index is 15.3. The van der Waals surface area contributed by atoms with E-state index in [4.69, 9.17) is 4.74 Å². The van der Waals surface area contributed by atoms with Crippen LogP contribution in [0.5, 0.6) is 0 Å². The Labute approximate surface area is 529 Å². The van der Waals surface area contributed by atoms with Crippen molar-refractivity contribution in [2.45, 2.75) is 221 Å². The summed E-state index contributed by atoms with van der Waals surface area (Å²) in [5.74, 6) is -10.6. The molecular weight excluding hydrogens is 1150 g/mol. The summed E-state index contributed by atoms with van der Waals surface area (Å²) in [5.41, 5.74) is 0. The van der Waals surface area contributed by atoms with Gasteiger partial charge >= 0.3 is 0 Å². The molecule has 2 aliphatic rings. The van der Waals surface area contributed by atoms with Gasteiger partial charge in [0.1, 0.15) is 66.5 Å². The number of allylic oxidation sites excluding steroid dienone is 2. The minimum atomic E-state index is -1.67. The van der Waals surface area contributed by atoms with Gasteiger partial charge in [-0.05, 0) is 88.4 Å². The van der Waals surface area contributed by atoms with Crippen LogP contribution in [0.4, 0.5) is 0 Å². The summed E-state index contributed by atoms with van der Waals surface area (Å²) in [7, 11) is 8.28. The molecule has 6 N–H and O–H groups in total. The average Bonchev–Trinajstić information content (AvgIpc) is 2.26. The van der Waals surface area contributed by atoms with E-state index >= 15 is 24.0 Å². The molecular formula is C64H111N11O14. The Morgan fingerprint density at radius 2 is 1.02 bits per heavy atom. The summed E-state index contributed by atoms with van der Waals surface area (Å²) < 4.78 is 5.98. The van der Waals surface area contributed by atoms with Crippen LogP contribution in [-0.2, 0) is 57.5 Å². The summed E-state index contributed by atoms with van der Waals surface area (Å²) in [6, 6.07) is -14.6. The Hall–Kier alpha value is -6.47. The fourth-order valence-corrected chi connectivity index (χ4v) is 11.5. The molecule has 2 rings (SSSR count). The third-order valence-electron chi connectivity index (χ3n) is 17.0. The summed E-state index contributed by atoms with van der Waals surface area (Å²) in [4.78, 5) is 170. The maximum absolute atomic E-state index is 15.3. The zero-order valence-corrected chi connectivity index (χ0v) is 57.2. The van der Waals surface area contributed by atoms with E-state index in [1.54, 1.807) is 60.6 Å². The number of ether oxygens (including phenoxy) is 1. The number of rotatable bonds is 17. The number of aliphatic hydroxyl groups excluding tert-OH is 2. The fraction of sp³-hybridized carbons (Fsp3) is 0.766. The molecule has 0 saturated carbocycles. The highest BCUT2D eigenvalue weighted by Crippen LogP contribution is 2.28. The van der Waals surface area contributed by atoms with Gasteiger partial charge in [-0.25, -0.2) is 0 Å². The first-order valence-corrected chi connectivity index (χ1v) is 31.6. The van der Waals surface area contributed by atoms with Crippen LogP contribution in [-0.4, -0.2) is 250 Å². The highest BCUT2D eigenvalue weighted by Gasteiger charge is 2.48. The van der Waals surface area contributed by atoms with Crippen molar-refractivity contribution < 1.29 is 67.7 Å². The summed E-state index contributed by atoms with van der Waals surface area (Å²) >= 11 is 0. The van der Waals surface area contributed by atoms with Crippen LogP contribution in [0.15, 0.2) is 24.8 Å². The predicted molar refractivity (Wildman–Crippen MR) is 338 cm³/mol. The molecule has 2 aliphatic heterocycles. The van der Waals surface area contributed by atoms with Gasteiger partial charge in [0.05, 0.1) is 25.4 Å². The van der Waals surface area contributed by atoms with E-state index in [0.717, 1.165) is 9.80 Å². The van der Waals surface area contributed by atoms with Gasteiger partial charge in [-0.15, -0.1) is 6.58 Å². The normalized spacial score (nSPS) is 28.4. The second kappa shape index (κ2) is 35.8. The largest absolute Gasteiger partial charge is 0.394 e. The van der Waals surface area contributed by atoms with E-state index in [0.29, 0.717) is 0 Å². The first kappa shape index (κ1) is 78.6. The molecule has 0 radical (unpaired) electrons. The number of amides is 11. The summed E-state index contributed by atoms with van der Waals surface area (Å²) in [6.45, 7) is 28.5. The molecule has 0 spiro atoms. The Morgan fingerprint density at radius 1 is 0.551 bits per heavy atom. The lowest BCUT2D eigenvalue weighted by atomic mass is 9.91. The average molecular weight is 1260 g/mol. The van der Waals surface area contributed by atoms with Crippen LogP contribution in [0, 0.1) is 35.5 Å². The van der Waals surface area contributed by atoms with Crippen molar-refractivity contribution >= 4 is 65.0 Å².